The minimum atomic E-state index is -0.618. The van der Waals surface area contributed by atoms with E-state index in [1.54, 1.807) is 12.1 Å². The first-order valence-electron chi connectivity index (χ1n) is 14.8. The highest BCUT2D eigenvalue weighted by molar-refractivity contribution is 7.98. The summed E-state index contributed by atoms with van der Waals surface area (Å²) in [6, 6.07) is 8.49. The van der Waals surface area contributed by atoms with E-state index in [-0.39, 0.29) is 54.7 Å². The van der Waals surface area contributed by atoms with E-state index in [1.165, 1.54) is 18.9 Å². The van der Waals surface area contributed by atoms with Gasteiger partial charge in [-0.15, -0.1) is 0 Å². The molecule has 0 saturated carbocycles. The van der Waals surface area contributed by atoms with Crippen LogP contribution in [0.3, 0.4) is 0 Å². The average Bonchev–Trinajstić information content (AvgIpc) is 3.24. The van der Waals surface area contributed by atoms with Crippen molar-refractivity contribution in [3.8, 4) is 22.9 Å². The number of ether oxygens (including phenoxy) is 4. The number of pyridine rings is 1. The van der Waals surface area contributed by atoms with Crippen molar-refractivity contribution in [1.82, 2.24) is 19.9 Å². The third-order valence-corrected chi connectivity index (χ3v) is 9.32. The van der Waals surface area contributed by atoms with Gasteiger partial charge in [-0.25, -0.2) is 24.1 Å². The number of benzene rings is 2. The van der Waals surface area contributed by atoms with Gasteiger partial charge in [0, 0.05) is 29.6 Å². The second-order valence-electron chi connectivity index (χ2n) is 12.4. The number of anilines is 1. The van der Waals surface area contributed by atoms with Crippen molar-refractivity contribution in [3.63, 3.8) is 0 Å². The molecule has 3 atom stereocenters. The molecule has 3 aliphatic heterocycles. The Kier molecular flexibility index (Phi) is 7.57. The zero-order chi connectivity index (χ0) is 31.6. The molecule has 1 unspecified atom stereocenters. The molecule has 5 heterocycles. The summed E-state index contributed by atoms with van der Waals surface area (Å²) < 4.78 is 40.0. The smallest absolute Gasteiger partial charge is 0.410 e. The van der Waals surface area contributed by atoms with Gasteiger partial charge in [0.25, 0.3) is 0 Å². The highest BCUT2D eigenvalue weighted by Gasteiger charge is 2.51. The van der Waals surface area contributed by atoms with Crippen LogP contribution in [0.25, 0.3) is 32.9 Å². The van der Waals surface area contributed by atoms with Gasteiger partial charge in [0.05, 0.1) is 18.1 Å². The lowest BCUT2D eigenvalue weighted by molar-refractivity contribution is 0.00539. The third-order valence-electron chi connectivity index (χ3n) is 8.46. The number of piperazine rings is 1. The first kappa shape index (κ1) is 30.1. The van der Waals surface area contributed by atoms with E-state index in [2.05, 4.69) is 9.88 Å². The topological polar surface area (TPSA) is 99.1 Å². The molecule has 1 amide bonds. The van der Waals surface area contributed by atoms with Crippen LogP contribution in [0.4, 0.5) is 15.0 Å². The standard InChI is InChI=1S/C32H33ClFN5O5S/c1-32(2,3)44-31(40)39-17-9-10-21(39)22-14-42-29-24-27(36-30(45-5)37-28(24)38(22)13-17)25(34)26(35-29)19-12-18(43-15-41-4)11-16-7-6-8-20(33)23(16)19/h6-8,11-12,17,21-22H,9-10,13-15H2,1-5H3/t17-,21+,22?/m0/s1. The molecule has 0 N–H and O–H groups in total. The highest BCUT2D eigenvalue weighted by Crippen LogP contribution is 2.46. The van der Waals surface area contributed by atoms with Gasteiger partial charge in [-0.3, -0.25) is 4.90 Å². The van der Waals surface area contributed by atoms with Crippen LogP contribution in [0, 0.1) is 5.82 Å². The zero-order valence-corrected chi connectivity index (χ0v) is 27.2. The van der Waals surface area contributed by atoms with Gasteiger partial charge >= 0.3 is 6.09 Å². The van der Waals surface area contributed by atoms with Crippen LogP contribution in [0.2, 0.25) is 5.02 Å². The van der Waals surface area contributed by atoms with E-state index in [0.717, 1.165) is 18.2 Å². The Bertz CT molecular complexity index is 1840. The van der Waals surface area contributed by atoms with Crippen molar-refractivity contribution in [3.05, 3.63) is 41.2 Å². The van der Waals surface area contributed by atoms with Gasteiger partial charge in [0.1, 0.15) is 40.4 Å². The number of hydrogen-bond acceptors (Lipinski definition) is 10. The van der Waals surface area contributed by atoms with Crippen molar-refractivity contribution in [1.29, 1.82) is 0 Å². The number of halogens is 2. The molecule has 10 nitrogen and oxygen atoms in total. The van der Waals surface area contributed by atoms with E-state index < -0.39 is 11.4 Å². The van der Waals surface area contributed by atoms with Crippen LogP contribution < -0.4 is 14.4 Å². The van der Waals surface area contributed by atoms with Crippen LogP contribution in [0.15, 0.2) is 35.5 Å². The first-order chi connectivity index (χ1) is 21.6. The monoisotopic (exact) mass is 653 g/mol. The third kappa shape index (κ3) is 5.16. The Balaban J connectivity index is 1.39. The van der Waals surface area contributed by atoms with Gasteiger partial charge in [0.2, 0.25) is 5.88 Å². The summed E-state index contributed by atoms with van der Waals surface area (Å²) >= 11 is 8.03. The summed E-state index contributed by atoms with van der Waals surface area (Å²) in [7, 11) is 1.53. The molecule has 0 aliphatic carbocycles. The molecule has 2 fully saturated rings. The first-order valence-corrected chi connectivity index (χ1v) is 16.4. The number of aromatic nitrogens is 3. The van der Waals surface area contributed by atoms with Crippen molar-refractivity contribution >= 4 is 56.9 Å². The average molecular weight is 654 g/mol. The van der Waals surface area contributed by atoms with Crippen LogP contribution >= 0.6 is 23.4 Å². The molecule has 3 aliphatic rings. The molecule has 2 aromatic heterocycles. The largest absolute Gasteiger partial charge is 0.475 e. The lowest BCUT2D eigenvalue weighted by Gasteiger charge is -2.46. The maximum atomic E-state index is 16.9. The molecule has 2 bridgehead atoms. The molecule has 236 valence electrons. The molecular formula is C32H33ClFN5O5S. The van der Waals surface area contributed by atoms with Gasteiger partial charge < -0.3 is 23.8 Å². The second-order valence-corrected chi connectivity index (χ2v) is 13.6. The molecule has 2 aromatic carbocycles. The summed E-state index contributed by atoms with van der Waals surface area (Å²) in [6.45, 7) is 6.33. The fourth-order valence-corrected chi connectivity index (χ4v) is 7.33. The molecule has 0 spiro atoms. The van der Waals surface area contributed by atoms with Crippen molar-refractivity contribution in [2.45, 2.75) is 62.5 Å². The molecule has 0 radical (unpaired) electrons. The minimum Gasteiger partial charge on any atom is -0.475 e. The number of carbonyl (C=O) groups is 1. The number of carbonyl (C=O) groups excluding carboxylic acids is 1. The quantitative estimate of drug-likeness (QED) is 0.132. The Labute approximate surface area is 269 Å². The summed E-state index contributed by atoms with van der Waals surface area (Å²) in [5.74, 6) is 0.635. The number of fused-ring (bicyclic) bond motifs is 6. The lowest BCUT2D eigenvalue weighted by atomic mass is 9.99. The van der Waals surface area contributed by atoms with E-state index >= 15 is 4.39 Å². The van der Waals surface area contributed by atoms with Crippen LogP contribution in [0.1, 0.15) is 33.6 Å². The maximum Gasteiger partial charge on any atom is 0.410 e. The molecule has 4 aromatic rings. The number of rotatable bonds is 5. The van der Waals surface area contributed by atoms with Gasteiger partial charge in [-0.2, -0.15) is 0 Å². The number of methoxy groups -OCH3 is 1. The van der Waals surface area contributed by atoms with Gasteiger partial charge in [0.15, 0.2) is 17.8 Å². The normalized spacial score (nSPS) is 20.6. The fourth-order valence-electron chi connectivity index (χ4n) is 6.68. The fraction of sp³-hybridized carbons (Fsp3) is 0.438. The minimum absolute atomic E-state index is 0.0148. The van der Waals surface area contributed by atoms with Crippen LogP contribution in [0.5, 0.6) is 11.6 Å². The second kappa shape index (κ2) is 11.3. The Morgan fingerprint density at radius 1 is 1.16 bits per heavy atom. The number of nitrogens with zero attached hydrogens (tertiary/aromatic N) is 5. The number of thioether (sulfide) groups is 1. The molecule has 13 heteroatoms. The summed E-state index contributed by atoms with van der Waals surface area (Å²) in [5.41, 5.74) is -0.0408. The molecule has 2 saturated heterocycles. The van der Waals surface area contributed by atoms with E-state index in [0.29, 0.717) is 44.6 Å². The predicted molar refractivity (Wildman–Crippen MR) is 171 cm³/mol. The van der Waals surface area contributed by atoms with Crippen LogP contribution in [-0.4, -0.2) is 83.0 Å². The van der Waals surface area contributed by atoms with Crippen LogP contribution in [-0.2, 0) is 9.47 Å². The summed E-state index contributed by atoms with van der Waals surface area (Å²) in [5, 5.41) is 2.64. The molecule has 7 rings (SSSR count). The van der Waals surface area contributed by atoms with E-state index in [1.807, 2.05) is 50.1 Å². The SMILES string of the molecule is COCOc1cc(-c2nc3c4c(nc(SC)nc4c2F)N2C[C@@H]4CC[C@H](C2CO3)N4C(=O)OC(C)(C)C)c2c(Cl)cccc2c1. The summed E-state index contributed by atoms with van der Waals surface area (Å²) in [6.07, 6.45) is 3.14. The number of amides is 1. The van der Waals surface area contributed by atoms with Gasteiger partial charge in [-0.1, -0.05) is 35.5 Å². The predicted octanol–water partition coefficient (Wildman–Crippen LogP) is 6.69. The Hall–Kier alpha value is -3.61. The van der Waals surface area contributed by atoms with Gasteiger partial charge in [-0.05, 0) is 63.5 Å². The van der Waals surface area contributed by atoms with Crippen molar-refractivity contribution < 1.29 is 28.1 Å². The highest BCUT2D eigenvalue weighted by atomic mass is 35.5. The molecular weight excluding hydrogens is 621 g/mol. The molecule has 45 heavy (non-hydrogen) atoms. The zero-order valence-electron chi connectivity index (χ0n) is 25.6. The van der Waals surface area contributed by atoms with E-state index in [4.69, 9.17) is 40.5 Å². The lowest BCUT2D eigenvalue weighted by Crippen LogP contribution is -2.63. The Morgan fingerprint density at radius 2 is 1.98 bits per heavy atom. The maximum absolute atomic E-state index is 16.9. The van der Waals surface area contributed by atoms with Crippen molar-refractivity contribution in [2.75, 3.05) is 38.2 Å². The number of hydrogen-bond donors (Lipinski definition) is 0. The summed E-state index contributed by atoms with van der Waals surface area (Å²) in [4.78, 5) is 31.7. The van der Waals surface area contributed by atoms with E-state index in [9.17, 15) is 4.79 Å². The van der Waals surface area contributed by atoms with Crippen molar-refractivity contribution in [2.24, 2.45) is 0 Å². The Morgan fingerprint density at radius 3 is 2.73 bits per heavy atom.